The van der Waals surface area contributed by atoms with Crippen LogP contribution in [-0.4, -0.2) is 0 Å². The average Bonchev–Trinajstić information content (AvgIpc) is 2.69. The van der Waals surface area contributed by atoms with Crippen LogP contribution in [0.25, 0.3) is 11.1 Å². The van der Waals surface area contributed by atoms with E-state index in [1.165, 1.54) is 25.3 Å². The van der Waals surface area contributed by atoms with Gasteiger partial charge in [-0.25, -0.2) is 8.78 Å². The van der Waals surface area contributed by atoms with Crippen LogP contribution in [0.5, 0.6) is 0 Å². The van der Waals surface area contributed by atoms with Crippen LogP contribution in [0.15, 0.2) is 48.6 Å². The SMILES string of the molecule is C/C=C/CCc1ccc(-c2ccc(C3CCC(CC)CC3)c(F)c2)cc1F. The first-order valence-corrected chi connectivity index (χ1v) is 10.3. The summed E-state index contributed by atoms with van der Waals surface area (Å²) in [5, 5.41) is 0. The largest absolute Gasteiger partial charge is 0.207 e. The molecule has 0 atom stereocenters. The molecule has 0 nitrogen and oxygen atoms in total. The first kappa shape index (κ1) is 19.8. The van der Waals surface area contributed by atoms with E-state index in [1.54, 1.807) is 6.07 Å². The van der Waals surface area contributed by atoms with Crippen LogP contribution >= 0.6 is 0 Å². The molecular formula is C25H30F2. The van der Waals surface area contributed by atoms with Crippen LogP contribution in [0, 0.1) is 17.6 Å². The molecule has 0 bridgehead atoms. The summed E-state index contributed by atoms with van der Waals surface area (Å²) in [5.41, 5.74) is 3.03. The van der Waals surface area contributed by atoms with E-state index in [9.17, 15) is 8.78 Å². The standard InChI is InChI=1S/C25H30F2/c1-3-5-6-7-20-12-13-21(16-24(20)26)22-14-15-23(25(27)17-22)19-10-8-18(4-2)9-11-19/h3,5,12-19H,4,6-11H2,1-2H3/b5-3+. The van der Waals surface area contributed by atoms with Crippen molar-refractivity contribution in [2.75, 3.05) is 0 Å². The summed E-state index contributed by atoms with van der Waals surface area (Å²) in [6, 6.07) is 10.7. The fraction of sp³-hybridized carbons (Fsp3) is 0.440. The maximum absolute atomic E-state index is 14.8. The van der Waals surface area contributed by atoms with Crippen molar-refractivity contribution in [3.05, 3.63) is 71.3 Å². The third kappa shape index (κ3) is 4.86. The molecule has 0 spiro atoms. The minimum Gasteiger partial charge on any atom is -0.207 e. The van der Waals surface area contributed by atoms with Crippen molar-refractivity contribution in [3.63, 3.8) is 0 Å². The molecule has 2 aromatic carbocycles. The molecule has 0 saturated heterocycles. The van der Waals surface area contributed by atoms with Crippen molar-refractivity contribution >= 4 is 0 Å². The second-order valence-electron chi connectivity index (χ2n) is 7.78. The predicted molar refractivity (Wildman–Crippen MR) is 110 cm³/mol. The molecule has 0 radical (unpaired) electrons. The van der Waals surface area contributed by atoms with Crippen molar-refractivity contribution in [1.29, 1.82) is 0 Å². The van der Waals surface area contributed by atoms with Crippen LogP contribution in [0.3, 0.4) is 0 Å². The molecule has 27 heavy (non-hydrogen) atoms. The number of benzene rings is 2. The highest BCUT2D eigenvalue weighted by Gasteiger charge is 2.23. The van der Waals surface area contributed by atoms with Crippen molar-refractivity contribution in [1.82, 2.24) is 0 Å². The first-order valence-electron chi connectivity index (χ1n) is 10.3. The van der Waals surface area contributed by atoms with Gasteiger partial charge in [-0.2, -0.15) is 0 Å². The molecule has 2 aromatic rings. The number of halogens is 2. The Bertz CT molecular complexity index is 783. The third-order valence-corrected chi connectivity index (χ3v) is 6.07. The van der Waals surface area contributed by atoms with Crippen molar-refractivity contribution in [3.8, 4) is 11.1 Å². The number of hydrogen-bond donors (Lipinski definition) is 0. The van der Waals surface area contributed by atoms with Gasteiger partial charge in [0.05, 0.1) is 0 Å². The molecule has 0 amide bonds. The number of aryl methyl sites for hydroxylation is 1. The van der Waals surface area contributed by atoms with Crippen LogP contribution < -0.4 is 0 Å². The van der Waals surface area contributed by atoms with E-state index in [0.717, 1.165) is 41.9 Å². The predicted octanol–water partition coefficient (Wildman–Crippen LogP) is 7.82. The Labute approximate surface area is 162 Å². The number of rotatable bonds is 6. The van der Waals surface area contributed by atoms with E-state index in [1.807, 2.05) is 43.3 Å². The van der Waals surface area contributed by atoms with Crippen molar-refractivity contribution in [2.45, 2.75) is 64.7 Å². The normalized spacial score (nSPS) is 20.3. The van der Waals surface area contributed by atoms with E-state index in [0.29, 0.717) is 17.9 Å². The van der Waals surface area contributed by atoms with E-state index in [2.05, 4.69) is 6.92 Å². The molecule has 0 unspecified atom stereocenters. The molecule has 1 saturated carbocycles. The molecule has 3 rings (SSSR count). The minimum atomic E-state index is -0.209. The van der Waals surface area contributed by atoms with Gasteiger partial charge in [-0.1, -0.05) is 49.8 Å². The highest BCUT2D eigenvalue weighted by atomic mass is 19.1. The highest BCUT2D eigenvalue weighted by molar-refractivity contribution is 5.64. The zero-order valence-corrected chi connectivity index (χ0v) is 16.5. The summed E-state index contributed by atoms with van der Waals surface area (Å²) in [6.45, 7) is 4.21. The van der Waals surface area contributed by atoms with Gasteiger partial charge in [0.25, 0.3) is 0 Å². The van der Waals surface area contributed by atoms with Gasteiger partial charge in [-0.3, -0.25) is 0 Å². The summed E-state index contributed by atoms with van der Waals surface area (Å²) < 4.78 is 29.2. The number of hydrogen-bond acceptors (Lipinski definition) is 0. The van der Waals surface area contributed by atoms with Crippen molar-refractivity contribution in [2.24, 2.45) is 5.92 Å². The van der Waals surface area contributed by atoms with Crippen LogP contribution in [0.2, 0.25) is 0 Å². The molecule has 144 valence electrons. The quantitative estimate of drug-likeness (QED) is 0.456. The second kappa shape index (κ2) is 9.30. The minimum absolute atomic E-state index is 0.148. The molecule has 1 fully saturated rings. The summed E-state index contributed by atoms with van der Waals surface area (Å²) in [7, 11) is 0. The Morgan fingerprint density at radius 3 is 2.19 bits per heavy atom. The Morgan fingerprint density at radius 2 is 1.59 bits per heavy atom. The Balaban J connectivity index is 1.74. The fourth-order valence-corrected chi connectivity index (χ4v) is 4.25. The van der Waals surface area contributed by atoms with Gasteiger partial charge < -0.3 is 0 Å². The zero-order chi connectivity index (χ0) is 19.2. The third-order valence-electron chi connectivity index (χ3n) is 6.07. The Morgan fingerprint density at radius 1 is 0.926 bits per heavy atom. The van der Waals surface area contributed by atoms with Gasteiger partial charge in [0.15, 0.2) is 0 Å². The lowest BCUT2D eigenvalue weighted by Crippen LogP contribution is -2.13. The molecular weight excluding hydrogens is 338 g/mol. The lowest BCUT2D eigenvalue weighted by atomic mass is 9.77. The molecule has 0 aliphatic heterocycles. The summed E-state index contributed by atoms with van der Waals surface area (Å²) in [5.74, 6) is 0.773. The molecule has 1 aliphatic rings. The zero-order valence-electron chi connectivity index (χ0n) is 16.5. The molecule has 0 aromatic heterocycles. The van der Waals surface area contributed by atoms with Crippen LogP contribution in [-0.2, 0) is 6.42 Å². The topological polar surface area (TPSA) is 0 Å². The van der Waals surface area contributed by atoms with Gasteiger partial charge >= 0.3 is 0 Å². The summed E-state index contributed by atoms with van der Waals surface area (Å²) in [6.07, 6.45) is 11.3. The van der Waals surface area contributed by atoms with Gasteiger partial charge in [-0.15, -0.1) is 0 Å². The second-order valence-corrected chi connectivity index (χ2v) is 7.78. The van der Waals surface area contributed by atoms with Crippen molar-refractivity contribution < 1.29 is 8.78 Å². The fourth-order valence-electron chi connectivity index (χ4n) is 4.25. The van der Waals surface area contributed by atoms with E-state index >= 15 is 0 Å². The van der Waals surface area contributed by atoms with E-state index in [4.69, 9.17) is 0 Å². The maximum Gasteiger partial charge on any atom is 0.127 e. The molecule has 0 heterocycles. The molecule has 0 N–H and O–H groups in total. The lowest BCUT2D eigenvalue weighted by Gasteiger charge is -2.28. The Hall–Kier alpha value is -1.96. The maximum atomic E-state index is 14.8. The lowest BCUT2D eigenvalue weighted by molar-refractivity contribution is 0.314. The Kier molecular flexibility index (Phi) is 6.82. The average molecular weight is 369 g/mol. The number of allylic oxidation sites excluding steroid dienone is 2. The van der Waals surface area contributed by atoms with Gasteiger partial charge in [0, 0.05) is 0 Å². The van der Waals surface area contributed by atoms with Crippen LogP contribution in [0.1, 0.15) is 69.4 Å². The molecule has 1 aliphatic carbocycles. The van der Waals surface area contributed by atoms with E-state index < -0.39 is 0 Å². The van der Waals surface area contributed by atoms with Gasteiger partial charge in [-0.05, 0) is 91.7 Å². The van der Waals surface area contributed by atoms with Gasteiger partial charge in [0.1, 0.15) is 11.6 Å². The van der Waals surface area contributed by atoms with E-state index in [-0.39, 0.29) is 11.6 Å². The monoisotopic (exact) mass is 368 g/mol. The van der Waals surface area contributed by atoms with Gasteiger partial charge in [0.2, 0.25) is 0 Å². The van der Waals surface area contributed by atoms with Crippen LogP contribution in [0.4, 0.5) is 8.78 Å². The smallest absolute Gasteiger partial charge is 0.127 e. The highest BCUT2D eigenvalue weighted by Crippen LogP contribution is 2.38. The molecule has 2 heteroatoms. The summed E-state index contributed by atoms with van der Waals surface area (Å²) >= 11 is 0. The summed E-state index contributed by atoms with van der Waals surface area (Å²) in [4.78, 5) is 0. The first-order chi connectivity index (χ1) is 13.1.